The van der Waals surface area contributed by atoms with Gasteiger partial charge >= 0.3 is 0 Å². The van der Waals surface area contributed by atoms with Crippen LogP contribution in [0.5, 0.6) is 0 Å². The van der Waals surface area contributed by atoms with E-state index in [1.165, 1.54) is 30.3 Å². The quantitative estimate of drug-likeness (QED) is 0.852. The first-order valence-electron chi connectivity index (χ1n) is 7.39. The maximum atomic E-state index is 4.73. The monoisotopic (exact) mass is 254 g/mol. The van der Waals surface area contributed by atoms with Gasteiger partial charge in [-0.3, -0.25) is 4.98 Å². The van der Waals surface area contributed by atoms with Crippen LogP contribution in [-0.4, -0.2) is 17.6 Å². The molecule has 1 aromatic heterocycles. The number of hydrogen-bond donors (Lipinski definition) is 1. The molecule has 3 rings (SSSR count). The third kappa shape index (κ3) is 3.54. The van der Waals surface area contributed by atoms with Crippen molar-refractivity contribution in [2.24, 2.45) is 5.92 Å². The number of para-hydroxylation sites is 1. The van der Waals surface area contributed by atoms with Crippen LogP contribution < -0.4 is 5.32 Å². The Morgan fingerprint density at radius 2 is 2.05 bits per heavy atom. The normalized spacial score (nSPS) is 16.7. The SMILES string of the molecule is CC(CCc1ccc2ccccc2n1)CNC1CC1. The molecule has 1 atom stereocenters. The van der Waals surface area contributed by atoms with E-state index in [1.54, 1.807) is 0 Å². The molecule has 2 nitrogen and oxygen atoms in total. The standard InChI is InChI=1S/C17H22N2/c1-13(12-18-15-10-11-15)6-8-16-9-7-14-4-2-3-5-17(14)19-16/h2-5,7,9,13,15,18H,6,8,10-12H2,1H3. The predicted molar refractivity (Wildman–Crippen MR) is 80.3 cm³/mol. The van der Waals surface area contributed by atoms with Crippen molar-refractivity contribution in [3.05, 3.63) is 42.1 Å². The second-order valence-electron chi connectivity index (χ2n) is 5.82. The lowest BCUT2D eigenvalue weighted by molar-refractivity contribution is 0.478. The maximum absolute atomic E-state index is 4.73. The number of pyridine rings is 1. The van der Waals surface area contributed by atoms with Crippen LogP contribution in [0.1, 0.15) is 31.9 Å². The molecule has 1 aromatic carbocycles. The highest BCUT2D eigenvalue weighted by Gasteiger charge is 2.20. The van der Waals surface area contributed by atoms with Gasteiger partial charge in [-0.15, -0.1) is 0 Å². The van der Waals surface area contributed by atoms with Crippen LogP contribution in [-0.2, 0) is 6.42 Å². The van der Waals surface area contributed by atoms with Crippen molar-refractivity contribution >= 4 is 10.9 Å². The van der Waals surface area contributed by atoms with Crippen LogP contribution in [0.2, 0.25) is 0 Å². The third-order valence-corrected chi connectivity index (χ3v) is 3.88. The zero-order valence-corrected chi connectivity index (χ0v) is 11.6. The molecule has 0 aliphatic heterocycles. The second-order valence-corrected chi connectivity index (χ2v) is 5.82. The van der Waals surface area contributed by atoms with Gasteiger partial charge in [-0.25, -0.2) is 0 Å². The summed E-state index contributed by atoms with van der Waals surface area (Å²) in [5.41, 5.74) is 2.33. The molecule has 0 saturated heterocycles. The van der Waals surface area contributed by atoms with Crippen LogP contribution in [0.15, 0.2) is 36.4 Å². The van der Waals surface area contributed by atoms with Gasteiger partial charge in [0.05, 0.1) is 5.52 Å². The van der Waals surface area contributed by atoms with Crippen LogP contribution in [0.4, 0.5) is 0 Å². The van der Waals surface area contributed by atoms with Crippen LogP contribution >= 0.6 is 0 Å². The summed E-state index contributed by atoms with van der Waals surface area (Å²) >= 11 is 0. The fourth-order valence-electron chi connectivity index (χ4n) is 2.40. The molecule has 1 aliphatic carbocycles. The van der Waals surface area contributed by atoms with E-state index < -0.39 is 0 Å². The molecule has 2 heteroatoms. The van der Waals surface area contributed by atoms with Crippen molar-refractivity contribution in [1.82, 2.24) is 10.3 Å². The third-order valence-electron chi connectivity index (χ3n) is 3.88. The molecule has 0 amide bonds. The summed E-state index contributed by atoms with van der Waals surface area (Å²) < 4.78 is 0. The van der Waals surface area contributed by atoms with Crippen molar-refractivity contribution in [2.75, 3.05) is 6.54 Å². The van der Waals surface area contributed by atoms with Gasteiger partial charge in [-0.1, -0.05) is 31.2 Å². The Labute approximate surface area is 115 Å². The first-order valence-corrected chi connectivity index (χ1v) is 7.39. The zero-order valence-electron chi connectivity index (χ0n) is 11.6. The Morgan fingerprint density at radius 3 is 2.89 bits per heavy atom. The maximum Gasteiger partial charge on any atom is 0.0705 e. The predicted octanol–water partition coefficient (Wildman–Crippen LogP) is 3.56. The van der Waals surface area contributed by atoms with Gasteiger partial charge in [0.1, 0.15) is 0 Å². The lowest BCUT2D eigenvalue weighted by Crippen LogP contribution is -2.23. The number of hydrogen-bond acceptors (Lipinski definition) is 2. The molecule has 1 unspecified atom stereocenters. The van der Waals surface area contributed by atoms with Crippen molar-refractivity contribution in [3.63, 3.8) is 0 Å². The van der Waals surface area contributed by atoms with Crippen molar-refractivity contribution in [1.29, 1.82) is 0 Å². The number of nitrogens with one attached hydrogen (secondary N) is 1. The molecule has 1 saturated carbocycles. The second kappa shape index (κ2) is 5.70. The van der Waals surface area contributed by atoms with E-state index in [0.29, 0.717) is 0 Å². The molecule has 1 N–H and O–H groups in total. The fraction of sp³-hybridized carbons (Fsp3) is 0.471. The van der Waals surface area contributed by atoms with Crippen LogP contribution in [0, 0.1) is 5.92 Å². The minimum atomic E-state index is 0.730. The van der Waals surface area contributed by atoms with Crippen LogP contribution in [0.25, 0.3) is 10.9 Å². The number of aromatic nitrogens is 1. The zero-order chi connectivity index (χ0) is 13.1. The Kier molecular flexibility index (Phi) is 3.79. The summed E-state index contributed by atoms with van der Waals surface area (Å²) in [4.78, 5) is 4.73. The van der Waals surface area contributed by atoms with Gasteiger partial charge in [0.2, 0.25) is 0 Å². The summed E-state index contributed by atoms with van der Waals surface area (Å²) in [6.45, 7) is 3.48. The smallest absolute Gasteiger partial charge is 0.0705 e. The molecule has 1 aliphatic rings. The average molecular weight is 254 g/mol. The van der Waals surface area contributed by atoms with E-state index in [4.69, 9.17) is 4.98 Å². The summed E-state index contributed by atoms with van der Waals surface area (Å²) in [6.07, 6.45) is 5.04. The Balaban J connectivity index is 1.55. The topological polar surface area (TPSA) is 24.9 Å². The number of aryl methyl sites for hydroxylation is 1. The fourth-order valence-corrected chi connectivity index (χ4v) is 2.40. The summed E-state index contributed by atoms with van der Waals surface area (Å²) in [6, 6.07) is 13.5. The molecule has 19 heavy (non-hydrogen) atoms. The van der Waals surface area contributed by atoms with E-state index in [1.807, 2.05) is 0 Å². The van der Waals surface area contributed by atoms with Crippen LogP contribution in [0.3, 0.4) is 0 Å². The van der Waals surface area contributed by atoms with Gasteiger partial charge in [-0.05, 0) is 50.3 Å². The number of rotatable bonds is 6. The number of benzene rings is 1. The van der Waals surface area contributed by atoms with Gasteiger partial charge in [-0.2, -0.15) is 0 Å². The van der Waals surface area contributed by atoms with Crippen molar-refractivity contribution < 1.29 is 0 Å². The van der Waals surface area contributed by atoms with E-state index in [0.717, 1.165) is 30.4 Å². The Hall–Kier alpha value is -1.41. The minimum Gasteiger partial charge on any atom is -0.314 e. The molecular weight excluding hydrogens is 232 g/mol. The minimum absolute atomic E-state index is 0.730. The Morgan fingerprint density at radius 1 is 1.21 bits per heavy atom. The van der Waals surface area contributed by atoms with Crippen molar-refractivity contribution in [3.8, 4) is 0 Å². The van der Waals surface area contributed by atoms with E-state index in [-0.39, 0.29) is 0 Å². The first-order chi connectivity index (χ1) is 9.31. The highest BCUT2D eigenvalue weighted by Crippen LogP contribution is 2.19. The molecular formula is C17H22N2. The lowest BCUT2D eigenvalue weighted by Gasteiger charge is -2.12. The van der Waals surface area contributed by atoms with Gasteiger partial charge in [0.25, 0.3) is 0 Å². The Bertz CT molecular complexity index is 546. The molecule has 1 heterocycles. The molecule has 0 spiro atoms. The molecule has 0 bridgehead atoms. The van der Waals surface area contributed by atoms with Crippen molar-refractivity contribution in [2.45, 2.75) is 38.6 Å². The highest BCUT2D eigenvalue weighted by atomic mass is 14.9. The number of fused-ring (bicyclic) bond motifs is 1. The summed E-state index contributed by atoms with van der Waals surface area (Å²) in [5.74, 6) is 0.730. The van der Waals surface area contributed by atoms with E-state index in [2.05, 4.69) is 48.6 Å². The van der Waals surface area contributed by atoms with Gasteiger partial charge in [0.15, 0.2) is 0 Å². The largest absolute Gasteiger partial charge is 0.314 e. The van der Waals surface area contributed by atoms with Gasteiger partial charge in [0, 0.05) is 17.1 Å². The summed E-state index contributed by atoms with van der Waals surface area (Å²) in [7, 11) is 0. The van der Waals surface area contributed by atoms with Gasteiger partial charge < -0.3 is 5.32 Å². The van der Waals surface area contributed by atoms with E-state index >= 15 is 0 Å². The highest BCUT2D eigenvalue weighted by molar-refractivity contribution is 5.78. The first kappa shape index (κ1) is 12.6. The molecule has 100 valence electrons. The molecule has 0 radical (unpaired) electrons. The van der Waals surface area contributed by atoms with E-state index in [9.17, 15) is 0 Å². The number of nitrogens with zero attached hydrogens (tertiary/aromatic N) is 1. The lowest BCUT2D eigenvalue weighted by atomic mass is 10.0. The average Bonchev–Trinajstić information content (AvgIpc) is 3.27. The molecule has 2 aromatic rings. The molecule has 1 fully saturated rings. The summed E-state index contributed by atoms with van der Waals surface area (Å²) in [5, 5.41) is 4.83.